The lowest BCUT2D eigenvalue weighted by atomic mass is 10.1. The van der Waals surface area contributed by atoms with Gasteiger partial charge < -0.3 is 9.53 Å². The Bertz CT molecular complexity index is 477. The summed E-state index contributed by atoms with van der Waals surface area (Å²) in [4.78, 5) is 0. The highest BCUT2D eigenvalue weighted by Gasteiger charge is 2.36. The summed E-state index contributed by atoms with van der Waals surface area (Å²) < 4.78 is 5.96. The third-order valence-corrected chi connectivity index (χ3v) is 8.61. The van der Waals surface area contributed by atoms with E-state index in [0.29, 0.717) is 13.0 Å². The van der Waals surface area contributed by atoms with Crippen LogP contribution in [0.4, 0.5) is 0 Å². The van der Waals surface area contributed by atoms with E-state index in [0.717, 1.165) is 6.42 Å². The molecule has 1 aromatic carbocycles. The zero-order valence-electron chi connectivity index (χ0n) is 13.9. The molecule has 0 radical (unpaired) electrons. The zero-order valence-corrected chi connectivity index (χ0v) is 14.9. The molecular weight excluding hydrogens is 276 g/mol. The first-order valence-corrected chi connectivity index (χ1v) is 10.5. The van der Waals surface area contributed by atoms with Gasteiger partial charge in [0.15, 0.2) is 8.32 Å². The van der Waals surface area contributed by atoms with E-state index in [1.807, 2.05) is 18.2 Å². The van der Waals surface area contributed by atoms with Crippen molar-refractivity contribution in [3.8, 4) is 11.8 Å². The van der Waals surface area contributed by atoms with Crippen molar-refractivity contribution in [2.75, 3.05) is 6.61 Å². The fourth-order valence-corrected chi connectivity index (χ4v) is 2.48. The van der Waals surface area contributed by atoms with Gasteiger partial charge in [0.25, 0.3) is 0 Å². The van der Waals surface area contributed by atoms with Gasteiger partial charge in [-0.1, -0.05) is 62.9 Å². The Morgan fingerprint density at radius 3 is 2.38 bits per heavy atom. The minimum absolute atomic E-state index is 0.195. The molecule has 0 aliphatic carbocycles. The lowest BCUT2D eigenvalue weighted by Crippen LogP contribution is -2.40. The molecule has 0 spiro atoms. The monoisotopic (exact) mass is 304 g/mol. The Balaban J connectivity index is 2.35. The number of aliphatic hydroxyl groups excluding tert-OH is 1. The van der Waals surface area contributed by atoms with Gasteiger partial charge in [0, 0.05) is 0 Å². The summed E-state index contributed by atoms with van der Waals surface area (Å²) >= 11 is 0. The number of benzene rings is 1. The highest BCUT2D eigenvalue weighted by molar-refractivity contribution is 6.74. The molecule has 0 saturated heterocycles. The summed E-state index contributed by atoms with van der Waals surface area (Å²) in [5, 5.41) is 10.1. The molecule has 0 saturated carbocycles. The predicted octanol–water partition coefficient (Wildman–Crippen LogP) is 4.01. The Kier molecular flexibility index (Phi) is 6.67. The molecule has 0 aromatic heterocycles. The minimum atomic E-state index is -1.73. The average molecular weight is 305 g/mol. The quantitative estimate of drug-likeness (QED) is 0.658. The molecule has 0 fully saturated rings. The van der Waals surface area contributed by atoms with Crippen molar-refractivity contribution in [3.05, 3.63) is 35.9 Å². The van der Waals surface area contributed by atoms with Crippen molar-refractivity contribution in [1.29, 1.82) is 0 Å². The van der Waals surface area contributed by atoms with Crippen LogP contribution in [0.2, 0.25) is 18.1 Å². The molecule has 116 valence electrons. The smallest absolute Gasteiger partial charge is 0.193 e. The summed E-state index contributed by atoms with van der Waals surface area (Å²) in [6.07, 6.45) is 0.935. The first-order chi connectivity index (χ1) is 9.72. The fourth-order valence-electron chi connectivity index (χ4n) is 1.61. The maximum Gasteiger partial charge on any atom is 0.193 e. The highest BCUT2D eigenvalue weighted by Crippen LogP contribution is 2.36. The van der Waals surface area contributed by atoms with Crippen LogP contribution < -0.4 is 0 Å². The Hall–Kier alpha value is -1.08. The van der Waals surface area contributed by atoms with Gasteiger partial charge in [-0.05, 0) is 36.5 Å². The van der Waals surface area contributed by atoms with Crippen molar-refractivity contribution < 1.29 is 9.53 Å². The maximum absolute atomic E-state index is 9.88. The van der Waals surface area contributed by atoms with Crippen LogP contribution in [0.15, 0.2) is 30.3 Å². The molecular formula is C18H28O2Si. The first kappa shape index (κ1) is 18.0. The lowest BCUT2D eigenvalue weighted by molar-refractivity contribution is 0.222. The predicted molar refractivity (Wildman–Crippen MR) is 91.7 cm³/mol. The number of hydrogen-bond acceptors (Lipinski definition) is 2. The maximum atomic E-state index is 9.88. The zero-order chi connectivity index (χ0) is 15.9. The summed E-state index contributed by atoms with van der Waals surface area (Å²) in [5.74, 6) is 5.84. The molecule has 0 aliphatic rings. The first-order valence-electron chi connectivity index (χ1n) is 7.57. The molecule has 21 heavy (non-hydrogen) atoms. The van der Waals surface area contributed by atoms with Crippen LogP contribution in [0.3, 0.4) is 0 Å². The third kappa shape index (κ3) is 6.47. The molecule has 1 unspecified atom stereocenters. The minimum Gasteiger partial charge on any atom is -0.406 e. The van der Waals surface area contributed by atoms with E-state index in [9.17, 15) is 5.11 Å². The van der Waals surface area contributed by atoms with Gasteiger partial charge in [-0.15, -0.1) is 0 Å². The standard InChI is InChI=1S/C18H28O2Si/c1-18(2,3)21(4,5)20-15-9-12-17(19)14-13-16-10-7-6-8-11-16/h6-8,10-11,17,19H,13-15H2,1-5H3. The van der Waals surface area contributed by atoms with Crippen LogP contribution in [-0.2, 0) is 10.8 Å². The van der Waals surface area contributed by atoms with Gasteiger partial charge in [-0.3, -0.25) is 0 Å². The molecule has 0 bridgehead atoms. The van der Waals surface area contributed by atoms with Crippen LogP contribution in [0.25, 0.3) is 0 Å². The van der Waals surface area contributed by atoms with Gasteiger partial charge in [-0.25, -0.2) is 0 Å². The van der Waals surface area contributed by atoms with Crippen LogP contribution >= 0.6 is 0 Å². The third-order valence-electron chi connectivity index (χ3n) is 4.13. The summed E-state index contributed by atoms with van der Waals surface area (Å²) in [5.41, 5.74) is 1.23. The lowest BCUT2D eigenvalue weighted by Gasteiger charge is -2.35. The normalized spacial score (nSPS) is 13.4. The Morgan fingerprint density at radius 1 is 1.19 bits per heavy atom. The fraction of sp³-hybridized carbons (Fsp3) is 0.556. The molecule has 1 N–H and O–H groups in total. The second kappa shape index (κ2) is 7.79. The highest BCUT2D eigenvalue weighted by atomic mass is 28.4. The van der Waals surface area contributed by atoms with Gasteiger partial charge in [-0.2, -0.15) is 0 Å². The molecule has 0 amide bonds. The van der Waals surface area contributed by atoms with Crippen LogP contribution in [0.5, 0.6) is 0 Å². The SMILES string of the molecule is CC(C)(C)[Si](C)(C)OCC#CC(O)CCc1ccccc1. The molecule has 0 aliphatic heterocycles. The number of aliphatic hydroxyl groups is 1. The molecule has 0 heterocycles. The van der Waals surface area contributed by atoms with Crippen molar-refractivity contribution in [2.45, 2.75) is 57.8 Å². The summed E-state index contributed by atoms with van der Waals surface area (Å²) in [6.45, 7) is 11.5. The second-order valence-corrected chi connectivity index (χ2v) is 11.7. The van der Waals surface area contributed by atoms with Crippen molar-refractivity contribution in [2.24, 2.45) is 0 Å². The van der Waals surface area contributed by atoms with E-state index in [1.165, 1.54) is 5.56 Å². The van der Waals surface area contributed by atoms with Crippen LogP contribution in [0, 0.1) is 11.8 Å². The van der Waals surface area contributed by atoms with Crippen molar-refractivity contribution in [3.63, 3.8) is 0 Å². The summed E-state index contributed by atoms with van der Waals surface area (Å²) in [7, 11) is -1.73. The number of hydrogen-bond donors (Lipinski definition) is 1. The molecule has 2 nitrogen and oxygen atoms in total. The Labute approximate surface area is 130 Å². The van der Waals surface area contributed by atoms with Crippen molar-refractivity contribution in [1.82, 2.24) is 0 Å². The summed E-state index contributed by atoms with van der Waals surface area (Å²) in [6, 6.07) is 10.2. The van der Waals surface area contributed by atoms with Crippen molar-refractivity contribution >= 4 is 8.32 Å². The molecule has 1 aromatic rings. The number of rotatable bonds is 5. The molecule has 3 heteroatoms. The van der Waals surface area contributed by atoms with E-state index in [4.69, 9.17) is 4.43 Å². The van der Waals surface area contributed by atoms with Gasteiger partial charge in [0.2, 0.25) is 0 Å². The molecule has 1 rings (SSSR count). The Morgan fingerprint density at radius 2 is 1.81 bits per heavy atom. The molecule has 1 atom stereocenters. The van der Waals surface area contributed by atoms with Crippen LogP contribution in [-0.4, -0.2) is 26.1 Å². The largest absolute Gasteiger partial charge is 0.406 e. The van der Waals surface area contributed by atoms with Gasteiger partial charge in [0.1, 0.15) is 6.10 Å². The van der Waals surface area contributed by atoms with Crippen LogP contribution in [0.1, 0.15) is 32.8 Å². The van der Waals surface area contributed by atoms with E-state index in [1.54, 1.807) is 0 Å². The van der Waals surface area contributed by atoms with Gasteiger partial charge >= 0.3 is 0 Å². The average Bonchev–Trinajstić information content (AvgIpc) is 2.41. The topological polar surface area (TPSA) is 29.5 Å². The number of aryl methyl sites for hydroxylation is 1. The van der Waals surface area contributed by atoms with E-state index < -0.39 is 14.4 Å². The second-order valence-electron chi connectivity index (χ2n) is 6.91. The van der Waals surface area contributed by atoms with E-state index in [-0.39, 0.29) is 5.04 Å². The van der Waals surface area contributed by atoms with Gasteiger partial charge in [0.05, 0.1) is 6.61 Å². The van der Waals surface area contributed by atoms with E-state index >= 15 is 0 Å². The van der Waals surface area contributed by atoms with E-state index in [2.05, 4.69) is 57.8 Å².